The van der Waals surface area contributed by atoms with Crippen LogP contribution in [0.1, 0.15) is 33.1 Å². The van der Waals surface area contributed by atoms with E-state index in [4.69, 9.17) is 19.3 Å². The van der Waals surface area contributed by atoms with Gasteiger partial charge in [-0.15, -0.1) is 0 Å². The second-order valence-corrected chi connectivity index (χ2v) is 4.35. The molecule has 0 rings (SSSR count). The third-order valence-corrected chi connectivity index (χ3v) is 2.38. The molecule has 1 atom stereocenters. The molecule has 6 heteroatoms. The topological polar surface area (TPSA) is 82.1 Å². The lowest BCUT2D eigenvalue weighted by Crippen LogP contribution is -2.23. The summed E-state index contributed by atoms with van der Waals surface area (Å²) < 4.78 is 15.1. The minimum absolute atomic E-state index is 0.145. The Kier molecular flexibility index (Phi) is 10.6. The fourth-order valence-electron chi connectivity index (χ4n) is 1.28. The monoisotopic (exact) mass is 288 g/mol. The Bertz CT molecular complexity index is 313. The molecule has 116 valence electrons. The summed E-state index contributed by atoms with van der Waals surface area (Å²) in [7, 11) is 0. The molecule has 0 aliphatic rings. The lowest BCUT2D eigenvalue weighted by atomic mass is 10.3. The number of hydrogen-bond acceptors (Lipinski definition) is 6. The van der Waals surface area contributed by atoms with Crippen molar-refractivity contribution in [2.75, 3.05) is 26.4 Å². The third-order valence-electron chi connectivity index (χ3n) is 2.38. The minimum atomic E-state index is -0.463. The third kappa shape index (κ3) is 9.52. The Labute approximate surface area is 119 Å². The number of hydrogen-bond donors (Lipinski definition) is 1. The summed E-state index contributed by atoms with van der Waals surface area (Å²) in [5.74, 6) is -0.720. The van der Waals surface area contributed by atoms with Gasteiger partial charge in [-0.3, -0.25) is 4.79 Å². The summed E-state index contributed by atoms with van der Waals surface area (Å²) in [6.45, 7) is 7.23. The van der Waals surface area contributed by atoms with Crippen LogP contribution in [0.25, 0.3) is 0 Å². The van der Waals surface area contributed by atoms with Crippen LogP contribution < -0.4 is 0 Å². The maximum atomic E-state index is 11.1. The molecule has 0 aromatic carbocycles. The van der Waals surface area contributed by atoms with Crippen LogP contribution in [0, 0.1) is 0 Å². The van der Waals surface area contributed by atoms with Crippen molar-refractivity contribution in [3.63, 3.8) is 0 Å². The quantitative estimate of drug-likeness (QED) is 0.350. The molecule has 1 unspecified atom stereocenters. The number of rotatable bonds is 11. The van der Waals surface area contributed by atoms with E-state index < -0.39 is 12.1 Å². The first-order valence-electron chi connectivity index (χ1n) is 6.72. The Morgan fingerprint density at radius 1 is 1.20 bits per heavy atom. The van der Waals surface area contributed by atoms with Crippen molar-refractivity contribution in [3.05, 3.63) is 12.2 Å². The average molecular weight is 288 g/mol. The van der Waals surface area contributed by atoms with Gasteiger partial charge in [-0.05, 0) is 13.3 Å². The summed E-state index contributed by atoms with van der Waals surface area (Å²) in [5.41, 5.74) is 0.328. The molecule has 0 amide bonds. The highest BCUT2D eigenvalue weighted by atomic mass is 16.6. The van der Waals surface area contributed by atoms with Gasteiger partial charge in [0.1, 0.15) is 6.61 Å². The van der Waals surface area contributed by atoms with Crippen molar-refractivity contribution >= 4 is 11.9 Å². The zero-order valence-corrected chi connectivity index (χ0v) is 12.2. The fourth-order valence-corrected chi connectivity index (χ4v) is 1.28. The second kappa shape index (κ2) is 11.4. The Balaban J connectivity index is 3.69. The maximum absolute atomic E-state index is 11.1. The van der Waals surface area contributed by atoms with Crippen LogP contribution in [0.5, 0.6) is 0 Å². The van der Waals surface area contributed by atoms with Crippen molar-refractivity contribution in [3.8, 4) is 0 Å². The molecule has 0 fully saturated rings. The second-order valence-electron chi connectivity index (χ2n) is 4.35. The summed E-state index contributed by atoms with van der Waals surface area (Å²) in [5, 5.41) is 9.10. The summed E-state index contributed by atoms with van der Waals surface area (Å²) in [4.78, 5) is 22.2. The van der Waals surface area contributed by atoms with Crippen molar-refractivity contribution in [2.45, 2.75) is 39.2 Å². The number of carbonyl (C=O) groups excluding carboxylic acids is 2. The number of esters is 2. The van der Waals surface area contributed by atoms with Crippen LogP contribution in [-0.2, 0) is 23.8 Å². The van der Waals surface area contributed by atoms with Crippen molar-refractivity contribution in [1.82, 2.24) is 0 Å². The van der Waals surface area contributed by atoms with E-state index in [0.29, 0.717) is 18.4 Å². The average Bonchev–Trinajstić information content (AvgIpc) is 2.41. The van der Waals surface area contributed by atoms with Gasteiger partial charge in [0, 0.05) is 18.4 Å². The predicted molar refractivity (Wildman–Crippen MR) is 73.1 cm³/mol. The Morgan fingerprint density at radius 3 is 2.45 bits per heavy atom. The van der Waals surface area contributed by atoms with Crippen LogP contribution >= 0.6 is 0 Å². The van der Waals surface area contributed by atoms with Gasteiger partial charge in [0.15, 0.2) is 0 Å². The molecule has 0 radical (unpaired) electrons. The fraction of sp³-hybridized carbons (Fsp3) is 0.714. The molecule has 6 nitrogen and oxygen atoms in total. The van der Waals surface area contributed by atoms with E-state index in [1.807, 2.05) is 6.92 Å². The first kappa shape index (κ1) is 18.6. The lowest BCUT2D eigenvalue weighted by Gasteiger charge is -2.15. The highest BCUT2D eigenvalue weighted by molar-refractivity contribution is 5.86. The van der Waals surface area contributed by atoms with Crippen molar-refractivity contribution < 1.29 is 28.9 Å². The van der Waals surface area contributed by atoms with E-state index in [1.54, 1.807) is 6.92 Å². The van der Waals surface area contributed by atoms with E-state index in [0.717, 1.165) is 6.42 Å². The van der Waals surface area contributed by atoms with Crippen molar-refractivity contribution in [1.29, 1.82) is 0 Å². The molecule has 1 N–H and O–H groups in total. The van der Waals surface area contributed by atoms with Gasteiger partial charge in [-0.2, -0.15) is 0 Å². The Morgan fingerprint density at radius 2 is 1.90 bits per heavy atom. The number of aliphatic hydroxyl groups excluding tert-OH is 1. The molecule has 0 saturated heterocycles. The van der Waals surface area contributed by atoms with Gasteiger partial charge in [-0.25, -0.2) is 4.79 Å². The van der Waals surface area contributed by atoms with Crippen LogP contribution in [0.4, 0.5) is 0 Å². The van der Waals surface area contributed by atoms with Gasteiger partial charge in [-0.1, -0.05) is 13.5 Å². The minimum Gasteiger partial charge on any atom is -0.463 e. The van der Waals surface area contributed by atoms with Crippen LogP contribution in [0.2, 0.25) is 0 Å². The molecule has 0 bridgehead atoms. The lowest BCUT2D eigenvalue weighted by molar-refractivity contribution is -0.147. The predicted octanol–water partition coefficient (Wildman–Crippen LogP) is 1.22. The molecular weight excluding hydrogens is 264 g/mol. The van der Waals surface area contributed by atoms with Gasteiger partial charge >= 0.3 is 11.9 Å². The molecular formula is C14H24O6. The van der Waals surface area contributed by atoms with Crippen molar-refractivity contribution in [2.24, 2.45) is 0 Å². The van der Waals surface area contributed by atoms with Crippen LogP contribution in [-0.4, -0.2) is 49.6 Å². The molecule has 0 spiro atoms. The molecule has 0 saturated carbocycles. The summed E-state index contributed by atoms with van der Waals surface area (Å²) in [6, 6.07) is 0. The highest BCUT2D eigenvalue weighted by Crippen LogP contribution is 2.01. The standard InChI is InChI=1S/C14H24O6/c1-4-5-13(16)19-9-8-18-12(10-15)6-7-20-14(17)11(2)3/h12,15H,2,4-10H2,1,3H3. The van der Waals surface area contributed by atoms with Gasteiger partial charge in [0.25, 0.3) is 0 Å². The van der Waals surface area contributed by atoms with Gasteiger partial charge in [0.05, 0.1) is 25.9 Å². The molecule has 0 heterocycles. The molecule has 0 aromatic heterocycles. The number of ether oxygens (including phenoxy) is 3. The largest absolute Gasteiger partial charge is 0.463 e. The first-order chi connectivity index (χ1) is 9.51. The van der Waals surface area contributed by atoms with E-state index in [9.17, 15) is 9.59 Å². The zero-order chi connectivity index (χ0) is 15.4. The smallest absolute Gasteiger partial charge is 0.333 e. The number of carbonyl (C=O) groups is 2. The number of aliphatic hydroxyl groups is 1. The maximum Gasteiger partial charge on any atom is 0.333 e. The van der Waals surface area contributed by atoms with Gasteiger partial charge in [0.2, 0.25) is 0 Å². The zero-order valence-electron chi connectivity index (χ0n) is 12.2. The van der Waals surface area contributed by atoms with E-state index in [2.05, 4.69) is 6.58 Å². The first-order valence-corrected chi connectivity index (χ1v) is 6.72. The molecule has 0 aliphatic heterocycles. The summed E-state index contributed by atoms with van der Waals surface area (Å²) in [6.07, 6.45) is 1.06. The van der Waals surface area contributed by atoms with Crippen LogP contribution in [0.3, 0.4) is 0 Å². The Hall–Kier alpha value is -1.40. The highest BCUT2D eigenvalue weighted by Gasteiger charge is 2.10. The normalized spacial score (nSPS) is 11.8. The van der Waals surface area contributed by atoms with Gasteiger partial charge < -0.3 is 19.3 Å². The molecule has 20 heavy (non-hydrogen) atoms. The summed E-state index contributed by atoms with van der Waals surface area (Å²) >= 11 is 0. The SMILES string of the molecule is C=C(C)C(=O)OCCC(CO)OCCOC(=O)CCC. The molecule has 0 aliphatic carbocycles. The van der Waals surface area contributed by atoms with E-state index in [1.165, 1.54) is 0 Å². The molecule has 0 aromatic rings. The van der Waals surface area contributed by atoms with E-state index >= 15 is 0 Å². The van der Waals surface area contributed by atoms with Crippen LogP contribution in [0.15, 0.2) is 12.2 Å². The van der Waals surface area contributed by atoms with E-state index in [-0.39, 0.29) is 32.4 Å².